The van der Waals surface area contributed by atoms with E-state index >= 15 is 0 Å². The van der Waals surface area contributed by atoms with Crippen molar-refractivity contribution in [3.63, 3.8) is 0 Å². The highest BCUT2D eigenvalue weighted by atomic mass is 16.5. The Bertz CT molecular complexity index is 472. The van der Waals surface area contributed by atoms with Crippen molar-refractivity contribution in [1.82, 2.24) is 10.9 Å². The molecule has 0 heterocycles. The maximum atomic E-state index is 11.6. The Hall–Kier alpha value is -1.59. The first-order valence-corrected chi connectivity index (χ1v) is 6.28. The van der Waals surface area contributed by atoms with Gasteiger partial charge in [-0.15, -0.1) is 0 Å². The van der Waals surface area contributed by atoms with Crippen molar-refractivity contribution < 1.29 is 9.53 Å². The fourth-order valence-electron chi connectivity index (χ4n) is 2.34. The van der Waals surface area contributed by atoms with Crippen molar-refractivity contribution in [2.45, 2.75) is 33.2 Å². The zero-order chi connectivity index (χ0) is 14.6. The van der Waals surface area contributed by atoms with Gasteiger partial charge in [-0.05, 0) is 49.1 Å². The van der Waals surface area contributed by atoms with Crippen LogP contribution in [0.15, 0.2) is 6.07 Å². The van der Waals surface area contributed by atoms with E-state index in [2.05, 4.69) is 10.9 Å². The lowest BCUT2D eigenvalue weighted by Gasteiger charge is -2.20. The summed E-state index contributed by atoms with van der Waals surface area (Å²) in [7, 11) is 3.30. The maximum absolute atomic E-state index is 11.6. The van der Waals surface area contributed by atoms with Crippen LogP contribution >= 0.6 is 0 Å². The van der Waals surface area contributed by atoms with Crippen molar-refractivity contribution in [3.8, 4) is 5.75 Å². The summed E-state index contributed by atoms with van der Waals surface area (Å²) in [6, 6.07) is 1.64. The predicted octanol–water partition coefficient (Wildman–Crippen LogP) is 1.26. The number of ether oxygens (including phenoxy) is 1. The van der Waals surface area contributed by atoms with E-state index < -0.39 is 0 Å². The van der Waals surface area contributed by atoms with Gasteiger partial charge in [-0.3, -0.25) is 10.2 Å². The van der Waals surface area contributed by atoms with E-state index in [0.29, 0.717) is 0 Å². The van der Waals surface area contributed by atoms with Crippen molar-refractivity contribution >= 4 is 5.91 Å². The molecule has 0 aromatic heterocycles. The number of hydrogen-bond acceptors (Lipinski definition) is 4. The van der Waals surface area contributed by atoms with E-state index in [4.69, 9.17) is 10.5 Å². The van der Waals surface area contributed by atoms with Gasteiger partial charge in [-0.2, -0.15) is 0 Å². The molecule has 19 heavy (non-hydrogen) atoms. The van der Waals surface area contributed by atoms with Gasteiger partial charge in [0, 0.05) is 19.5 Å². The van der Waals surface area contributed by atoms with Crippen LogP contribution in [0.3, 0.4) is 0 Å². The Morgan fingerprint density at radius 2 is 2.00 bits per heavy atom. The quantitative estimate of drug-likeness (QED) is 0.701. The summed E-state index contributed by atoms with van der Waals surface area (Å²) in [5.74, 6) is 0.730. The van der Waals surface area contributed by atoms with E-state index in [0.717, 1.165) is 28.0 Å². The second-order valence-electron chi connectivity index (χ2n) is 4.67. The number of hydrazine groups is 1. The van der Waals surface area contributed by atoms with Crippen LogP contribution in [0.2, 0.25) is 0 Å². The highest BCUT2D eigenvalue weighted by molar-refractivity contribution is 5.76. The molecule has 0 radical (unpaired) electrons. The van der Waals surface area contributed by atoms with Crippen LogP contribution < -0.4 is 21.3 Å². The van der Waals surface area contributed by atoms with Crippen LogP contribution in [-0.4, -0.2) is 20.1 Å². The van der Waals surface area contributed by atoms with Gasteiger partial charge >= 0.3 is 0 Å². The van der Waals surface area contributed by atoms with E-state index in [1.165, 1.54) is 0 Å². The molecular weight excluding hydrogens is 242 g/mol. The number of hydrogen-bond donors (Lipinski definition) is 3. The molecule has 0 aliphatic rings. The molecule has 0 bridgehead atoms. The lowest BCUT2D eigenvalue weighted by Crippen LogP contribution is -2.36. The SMILES string of the molecule is CNNC(=O)CC(N)c1c(C)cc(OC)c(C)c1C. The number of methoxy groups -OCH3 is 1. The lowest BCUT2D eigenvalue weighted by atomic mass is 9.91. The number of carbonyl (C=O) groups excluding carboxylic acids is 1. The Balaban J connectivity index is 3.06. The molecule has 1 amide bonds. The molecule has 1 atom stereocenters. The van der Waals surface area contributed by atoms with Gasteiger partial charge in [0.15, 0.2) is 0 Å². The predicted molar refractivity (Wildman–Crippen MR) is 76.0 cm³/mol. The first-order valence-electron chi connectivity index (χ1n) is 6.28. The molecule has 1 aromatic rings. The van der Waals surface area contributed by atoms with Gasteiger partial charge in [-0.1, -0.05) is 0 Å². The van der Waals surface area contributed by atoms with Crippen LogP contribution in [0.25, 0.3) is 0 Å². The van der Waals surface area contributed by atoms with E-state index in [1.807, 2.05) is 26.8 Å². The molecule has 0 saturated carbocycles. The minimum absolute atomic E-state index is 0.123. The molecule has 0 aliphatic heterocycles. The van der Waals surface area contributed by atoms with Gasteiger partial charge in [0.2, 0.25) is 5.91 Å². The fourth-order valence-corrected chi connectivity index (χ4v) is 2.34. The first-order chi connectivity index (χ1) is 8.92. The third-order valence-electron chi connectivity index (χ3n) is 3.37. The smallest absolute Gasteiger partial charge is 0.235 e. The standard InChI is InChI=1S/C14H23N3O2/c1-8-6-12(19-5)9(2)10(3)14(8)11(15)7-13(18)17-16-4/h6,11,16H,7,15H2,1-5H3,(H,17,18). The van der Waals surface area contributed by atoms with Crippen LogP contribution in [0.5, 0.6) is 5.75 Å². The first kappa shape index (κ1) is 15.5. The van der Waals surface area contributed by atoms with Gasteiger partial charge in [0.05, 0.1) is 7.11 Å². The topological polar surface area (TPSA) is 76.4 Å². The molecule has 0 saturated heterocycles. The van der Waals surface area contributed by atoms with Gasteiger partial charge in [-0.25, -0.2) is 5.43 Å². The molecule has 0 aliphatic carbocycles. The summed E-state index contributed by atoms with van der Waals surface area (Å²) in [6.07, 6.45) is 0.244. The zero-order valence-corrected chi connectivity index (χ0v) is 12.3. The molecule has 106 valence electrons. The Labute approximate surface area is 114 Å². The van der Waals surface area contributed by atoms with Crippen molar-refractivity contribution in [2.24, 2.45) is 5.73 Å². The van der Waals surface area contributed by atoms with Crippen LogP contribution in [0, 0.1) is 20.8 Å². The molecule has 5 heteroatoms. The Kier molecular flexibility index (Phi) is 5.32. The van der Waals surface area contributed by atoms with Crippen LogP contribution in [0.1, 0.15) is 34.7 Å². The summed E-state index contributed by atoms with van der Waals surface area (Å²) < 4.78 is 5.33. The van der Waals surface area contributed by atoms with Crippen LogP contribution in [0.4, 0.5) is 0 Å². The Morgan fingerprint density at radius 1 is 1.37 bits per heavy atom. The molecule has 1 rings (SSSR count). The minimum atomic E-state index is -0.321. The normalized spacial score (nSPS) is 12.1. The van der Waals surface area contributed by atoms with Crippen LogP contribution in [-0.2, 0) is 4.79 Å². The minimum Gasteiger partial charge on any atom is -0.496 e. The van der Waals surface area contributed by atoms with Gasteiger partial charge in [0.1, 0.15) is 5.75 Å². The highest BCUT2D eigenvalue weighted by Crippen LogP contribution is 2.31. The molecule has 0 fully saturated rings. The number of carbonyl (C=O) groups is 1. The summed E-state index contributed by atoms with van der Waals surface area (Å²) >= 11 is 0. The molecule has 1 unspecified atom stereocenters. The number of nitrogens with one attached hydrogen (secondary N) is 2. The second kappa shape index (κ2) is 6.54. The van der Waals surface area contributed by atoms with E-state index in [1.54, 1.807) is 14.2 Å². The fraction of sp³-hybridized carbons (Fsp3) is 0.500. The molecule has 0 spiro atoms. The summed E-state index contributed by atoms with van der Waals surface area (Å²) in [6.45, 7) is 5.99. The zero-order valence-electron chi connectivity index (χ0n) is 12.3. The number of nitrogens with two attached hydrogens (primary N) is 1. The van der Waals surface area contributed by atoms with Crippen molar-refractivity contribution in [2.75, 3.05) is 14.2 Å². The largest absolute Gasteiger partial charge is 0.496 e. The number of rotatable bonds is 5. The summed E-state index contributed by atoms with van der Waals surface area (Å²) in [5, 5.41) is 0. The molecular formula is C14H23N3O2. The van der Waals surface area contributed by atoms with E-state index in [9.17, 15) is 4.79 Å². The number of benzene rings is 1. The average Bonchev–Trinajstić information content (AvgIpc) is 2.34. The van der Waals surface area contributed by atoms with Crippen molar-refractivity contribution in [3.05, 3.63) is 28.3 Å². The second-order valence-corrected chi connectivity index (χ2v) is 4.67. The third kappa shape index (κ3) is 3.45. The Morgan fingerprint density at radius 3 is 2.53 bits per heavy atom. The van der Waals surface area contributed by atoms with E-state index in [-0.39, 0.29) is 18.4 Å². The third-order valence-corrected chi connectivity index (χ3v) is 3.37. The summed E-state index contributed by atoms with van der Waals surface area (Å²) in [4.78, 5) is 11.6. The lowest BCUT2D eigenvalue weighted by molar-refractivity contribution is -0.122. The highest BCUT2D eigenvalue weighted by Gasteiger charge is 2.18. The van der Waals surface area contributed by atoms with Gasteiger partial charge < -0.3 is 10.5 Å². The number of aryl methyl sites for hydroxylation is 1. The van der Waals surface area contributed by atoms with Gasteiger partial charge in [0.25, 0.3) is 0 Å². The summed E-state index contributed by atoms with van der Waals surface area (Å²) in [5.41, 5.74) is 15.5. The molecule has 4 N–H and O–H groups in total. The molecule has 1 aromatic carbocycles. The number of amides is 1. The molecule has 5 nitrogen and oxygen atoms in total. The van der Waals surface area contributed by atoms with Crippen molar-refractivity contribution in [1.29, 1.82) is 0 Å². The maximum Gasteiger partial charge on any atom is 0.235 e. The monoisotopic (exact) mass is 265 g/mol. The average molecular weight is 265 g/mol.